The number of nitrogen functional groups attached to an aromatic ring is 1. The highest BCUT2D eigenvalue weighted by Crippen LogP contribution is 2.14. The number of aryl methyl sites for hydroxylation is 1. The van der Waals surface area contributed by atoms with Gasteiger partial charge < -0.3 is 15.8 Å². The first kappa shape index (κ1) is 13.9. The minimum atomic E-state index is -0.0313. The number of hydrogen-bond acceptors (Lipinski definition) is 4. The summed E-state index contributed by atoms with van der Waals surface area (Å²) in [6, 6.07) is 0. The van der Waals surface area contributed by atoms with Gasteiger partial charge >= 0.3 is 0 Å². The van der Waals surface area contributed by atoms with E-state index < -0.39 is 0 Å². The lowest BCUT2D eigenvalue weighted by Crippen LogP contribution is -2.35. The van der Waals surface area contributed by atoms with Crippen LogP contribution in [0.25, 0.3) is 0 Å². The van der Waals surface area contributed by atoms with Crippen LogP contribution in [-0.4, -0.2) is 35.4 Å². The first-order valence-corrected chi connectivity index (χ1v) is 6.72. The summed E-state index contributed by atoms with van der Waals surface area (Å²) < 4.78 is 7.04. The monoisotopic (exact) mass is 266 g/mol. The van der Waals surface area contributed by atoms with Crippen LogP contribution in [0.4, 0.5) is 5.69 Å². The van der Waals surface area contributed by atoms with E-state index in [1.807, 2.05) is 13.8 Å². The van der Waals surface area contributed by atoms with Crippen LogP contribution in [0.1, 0.15) is 24.2 Å². The number of nitrogens with zero attached hydrogens (tertiary/aromatic N) is 2. The molecule has 1 saturated heterocycles. The molecule has 1 aromatic rings. The minimum absolute atomic E-state index is 0.0313. The predicted octanol–water partition coefficient (Wildman–Crippen LogP) is 0.625. The second kappa shape index (κ2) is 6.06. The van der Waals surface area contributed by atoms with Crippen LogP contribution in [0.15, 0.2) is 0 Å². The molecule has 0 aliphatic carbocycles. The molecule has 1 aliphatic heterocycles. The van der Waals surface area contributed by atoms with E-state index in [-0.39, 0.29) is 12.5 Å². The maximum absolute atomic E-state index is 11.9. The summed E-state index contributed by atoms with van der Waals surface area (Å²) in [5, 5.41) is 7.19. The number of nitrogens with one attached hydrogen (secondary N) is 1. The Morgan fingerprint density at radius 1 is 1.58 bits per heavy atom. The molecule has 0 saturated carbocycles. The van der Waals surface area contributed by atoms with Crippen LogP contribution in [0.5, 0.6) is 0 Å². The Bertz CT molecular complexity index is 450. The van der Waals surface area contributed by atoms with Crippen LogP contribution in [0.3, 0.4) is 0 Å². The molecule has 1 fully saturated rings. The third kappa shape index (κ3) is 3.47. The molecule has 0 bridgehead atoms. The van der Waals surface area contributed by atoms with Gasteiger partial charge in [-0.25, -0.2) is 0 Å². The van der Waals surface area contributed by atoms with Crippen molar-refractivity contribution in [2.45, 2.75) is 33.2 Å². The van der Waals surface area contributed by atoms with E-state index in [4.69, 9.17) is 10.5 Å². The molecule has 1 aliphatic rings. The van der Waals surface area contributed by atoms with Gasteiger partial charge in [-0.05, 0) is 32.6 Å². The molecule has 1 atom stereocenters. The number of carbonyl (C=O) groups excluding carboxylic acids is 1. The van der Waals surface area contributed by atoms with E-state index in [2.05, 4.69) is 10.4 Å². The molecule has 2 heterocycles. The van der Waals surface area contributed by atoms with Crippen molar-refractivity contribution in [1.82, 2.24) is 15.1 Å². The molecule has 106 valence electrons. The van der Waals surface area contributed by atoms with Crippen LogP contribution < -0.4 is 11.1 Å². The largest absolute Gasteiger partial charge is 0.396 e. The number of aromatic nitrogens is 2. The highest BCUT2D eigenvalue weighted by Gasteiger charge is 2.16. The van der Waals surface area contributed by atoms with Crippen LogP contribution >= 0.6 is 0 Å². The zero-order valence-electron chi connectivity index (χ0n) is 11.6. The average Bonchev–Trinajstić information content (AvgIpc) is 2.65. The molecule has 19 heavy (non-hydrogen) atoms. The summed E-state index contributed by atoms with van der Waals surface area (Å²) in [6.07, 6.45) is 2.20. The lowest BCUT2D eigenvalue weighted by atomic mass is 10.0. The summed E-state index contributed by atoms with van der Waals surface area (Å²) in [5.74, 6) is 0.402. The molecular weight excluding hydrogens is 244 g/mol. The van der Waals surface area contributed by atoms with Gasteiger partial charge in [0, 0.05) is 13.2 Å². The van der Waals surface area contributed by atoms with Gasteiger partial charge in [0.25, 0.3) is 0 Å². The fourth-order valence-corrected chi connectivity index (χ4v) is 2.28. The van der Waals surface area contributed by atoms with Crippen molar-refractivity contribution in [3.63, 3.8) is 0 Å². The van der Waals surface area contributed by atoms with Gasteiger partial charge in [0.05, 0.1) is 23.7 Å². The number of anilines is 1. The van der Waals surface area contributed by atoms with E-state index in [0.29, 0.717) is 18.2 Å². The normalized spacial score (nSPS) is 19.4. The van der Waals surface area contributed by atoms with Crippen molar-refractivity contribution in [2.24, 2.45) is 5.92 Å². The second-order valence-corrected chi connectivity index (χ2v) is 5.13. The van der Waals surface area contributed by atoms with Crippen LogP contribution in [0, 0.1) is 19.8 Å². The zero-order chi connectivity index (χ0) is 13.8. The number of nitrogens with two attached hydrogens (primary N) is 1. The number of rotatable bonds is 4. The van der Waals surface area contributed by atoms with E-state index in [9.17, 15) is 4.79 Å². The van der Waals surface area contributed by atoms with Crippen molar-refractivity contribution >= 4 is 11.6 Å². The molecule has 6 heteroatoms. The fraction of sp³-hybridized carbons (Fsp3) is 0.692. The zero-order valence-corrected chi connectivity index (χ0v) is 11.6. The molecule has 6 nitrogen and oxygen atoms in total. The van der Waals surface area contributed by atoms with Gasteiger partial charge in [-0.15, -0.1) is 0 Å². The van der Waals surface area contributed by atoms with Gasteiger partial charge in [-0.1, -0.05) is 0 Å². The Kier molecular flexibility index (Phi) is 4.42. The van der Waals surface area contributed by atoms with Crippen LogP contribution in [-0.2, 0) is 16.1 Å². The standard InChI is InChI=1S/C13H22N4O2/c1-9-13(14)10(2)17(16-9)7-12(18)15-6-11-4-3-5-19-8-11/h11H,3-8,14H2,1-2H3,(H,15,18). The third-order valence-electron chi connectivity index (χ3n) is 3.57. The Morgan fingerprint density at radius 2 is 2.37 bits per heavy atom. The highest BCUT2D eigenvalue weighted by molar-refractivity contribution is 5.75. The maximum atomic E-state index is 11.9. The fourth-order valence-electron chi connectivity index (χ4n) is 2.28. The van der Waals surface area contributed by atoms with Crippen molar-refractivity contribution in [2.75, 3.05) is 25.5 Å². The predicted molar refractivity (Wildman–Crippen MR) is 72.7 cm³/mol. The maximum Gasteiger partial charge on any atom is 0.241 e. The van der Waals surface area contributed by atoms with E-state index >= 15 is 0 Å². The molecule has 0 radical (unpaired) electrons. The van der Waals surface area contributed by atoms with Crippen molar-refractivity contribution in [1.29, 1.82) is 0 Å². The lowest BCUT2D eigenvalue weighted by molar-refractivity contribution is -0.122. The second-order valence-electron chi connectivity index (χ2n) is 5.13. The minimum Gasteiger partial charge on any atom is -0.396 e. The molecule has 0 spiro atoms. The van der Waals surface area contributed by atoms with Gasteiger partial charge in [-0.2, -0.15) is 5.10 Å². The molecule has 2 rings (SSSR count). The third-order valence-corrected chi connectivity index (χ3v) is 3.57. The van der Waals surface area contributed by atoms with Crippen molar-refractivity contribution in [3.8, 4) is 0 Å². The van der Waals surface area contributed by atoms with E-state index in [0.717, 1.165) is 37.4 Å². The van der Waals surface area contributed by atoms with Gasteiger partial charge in [0.15, 0.2) is 0 Å². The molecular formula is C13H22N4O2. The summed E-state index contributed by atoms with van der Waals surface area (Å²) in [6.45, 7) is 6.20. The van der Waals surface area contributed by atoms with Crippen molar-refractivity contribution in [3.05, 3.63) is 11.4 Å². The van der Waals surface area contributed by atoms with E-state index in [1.165, 1.54) is 0 Å². The SMILES string of the molecule is Cc1nn(CC(=O)NCC2CCCOC2)c(C)c1N. The van der Waals surface area contributed by atoms with Gasteiger partial charge in [-0.3, -0.25) is 9.48 Å². The Morgan fingerprint density at radius 3 is 2.95 bits per heavy atom. The number of amides is 1. The first-order chi connectivity index (χ1) is 9.08. The molecule has 0 aromatic carbocycles. The Labute approximate surface area is 113 Å². The smallest absolute Gasteiger partial charge is 0.241 e. The number of hydrogen-bond donors (Lipinski definition) is 2. The Balaban J connectivity index is 1.82. The highest BCUT2D eigenvalue weighted by atomic mass is 16.5. The summed E-state index contributed by atoms with van der Waals surface area (Å²) in [5.41, 5.74) is 8.11. The quantitative estimate of drug-likeness (QED) is 0.837. The molecule has 3 N–H and O–H groups in total. The summed E-state index contributed by atoms with van der Waals surface area (Å²) >= 11 is 0. The van der Waals surface area contributed by atoms with Crippen molar-refractivity contribution < 1.29 is 9.53 Å². The number of carbonyl (C=O) groups is 1. The van der Waals surface area contributed by atoms with Gasteiger partial charge in [0.1, 0.15) is 6.54 Å². The molecule has 1 amide bonds. The molecule has 1 unspecified atom stereocenters. The summed E-state index contributed by atoms with van der Waals surface area (Å²) in [4.78, 5) is 11.9. The van der Waals surface area contributed by atoms with Crippen LogP contribution in [0.2, 0.25) is 0 Å². The first-order valence-electron chi connectivity index (χ1n) is 6.72. The molecule has 1 aromatic heterocycles. The van der Waals surface area contributed by atoms with E-state index in [1.54, 1.807) is 4.68 Å². The average molecular weight is 266 g/mol. The van der Waals surface area contributed by atoms with Gasteiger partial charge in [0.2, 0.25) is 5.91 Å². The number of ether oxygens (including phenoxy) is 1. The Hall–Kier alpha value is -1.56. The topological polar surface area (TPSA) is 82.2 Å². The lowest BCUT2D eigenvalue weighted by Gasteiger charge is -2.22. The summed E-state index contributed by atoms with van der Waals surface area (Å²) in [7, 11) is 0.